The summed E-state index contributed by atoms with van der Waals surface area (Å²) in [5.41, 5.74) is 5.03. The Bertz CT molecular complexity index is 41.8. The van der Waals surface area contributed by atoms with E-state index in [9.17, 15) is 0 Å². The topological polar surface area (TPSA) is 38.5 Å². The Morgan fingerprint density at radius 2 is 2.00 bits per heavy atom. The third kappa shape index (κ3) is 9.33. The van der Waals surface area contributed by atoms with Gasteiger partial charge in [-0.15, -0.1) is 0 Å². The van der Waals surface area contributed by atoms with E-state index in [0.717, 1.165) is 19.6 Å². The van der Waals surface area contributed by atoms with Crippen LogP contribution in [0.25, 0.3) is 0 Å². The van der Waals surface area contributed by atoms with Gasteiger partial charge in [0.15, 0.2) is 0 Å². The van der Waals surface area contributed by atoms with Crippen molar-refractivity contribution in [1.82, 2.24) is 0 Å². The molecule has 0 radical (unpaired) electrons. The van der Waals surface area contributed by atoms with Crippen molar-refractivity contribution in [3.63, 3.8) is 0 Å². The van der Waals surface area contributed by atoms with Gasteiger partial charge in [-0.05, 0) is 19.9 Å². The highest BCUT2D eigenvalue weighted by atomic mass is 16.6. The summed E-state index contributed by atoms with van der Waals surface area (Å²) >= 11 is 0. The predicted molar refractivity (Wildman–Crippen MR) is 34.8 cm³/mol. The van der Waals surface area contributed by atoms with Crippen molar-refractivity contribution in [2.45, 2.75) is 26.4 Å². The van der Waals surface area contributed by atoms with Crippen LogP contribution in [0.5, 0.6) is 0 Å². The fraction of sp³-hybridized carbons (Fsp3) is 1.00. The van der Waals surface area contributed by atoms with Crippen LogP contribution in [0.4, 0.5) is 0 Å². The minimum absolute atomic E-state index is 0.583. The standard InChI is InChI=1S/C3H9N.C3H6O/c1-2-3-4;1-3-2-4-3/h2-4H2,1H3;3H,2H2,1H3. The van der Waals surface area contributed by atoms with Crippen LogP contribution in [0, 0.1) is 0 Å². The molecule has 0 bridgehead atoms. The molecule has 1 rings (SSSR count). The van der Waals surface area contributed by atoms with Gasteiger partial charge in [0.25, 0.3) is 0 Å². The van der Waals surface area contributed by atoms with Crippen molar-refractivity contribution in [1.29, 1.82) is 0 Å². The molecular formula is C6H15NO. The molecule has 0 aromatic rings. The summed E-state index contributed by atoms with van der Waals surface area (Å²) in [6.45, 7) is 5.92. The van der Waals surface area contributed by atoms with E-state index >= 15 is 0 Å². The molecule has 0 aliphatic carbocycles. The number of hydrogen-bond donors (Lipinski definition) is 1. The van der Waals surface area contributed by atoms with Crippen LogP contribution in [-0.4, -0.2) is 19.3 Å². The fourth-order valence-corrected chi connectivity index (χ4v) is 0.0962. The van der Waals surface area contributed by atoms with Crippen LogP contribution in [0.1, 0.15) is 20.3 Å². The lowest BCUT2D eigenvalue weighted by Gasteiger charge is -1.70. The number of rotatable bonds is 1. The molecule has 2 heteroatoms. The fourth-order valence-electron chi connectivity index (χ4n) is 0.0962. The van der Waals surface area contributed by atoms with E-state index in [1.807, 2.05) is 0 Å². The molecule has 0 spiro atoms. The Morgan fingerprint density at radius 1 is 1.75 bits per heavy atom. The monoisotopic (exact) mass is 117 g/mol. The first-order valence-electron chi connectivity index (χ1n) is 3.13. The van der Waals surface area contributed by atoms with Crippen molar-refractivity contribution in [3.05, 3.63) is 0 Å². The molecule has 0 amide bonds. The average Bonchev–Trinajstić information content (AvgIpc) is 2.52. The van der Waals surface area contributed by atoms with Crippen molar-refractivity contribution in [3.8, 4) is 0 Å². The summed E-state index contributed by atoms with van der Waals surface area (Å²) in [6, 6.07) is 0. The van der Waals surface area contributed by atoms with Gasteiger partial charge in [-0.2, -0.15) is 0 Å². The zero-order valence-corrected chi connectivity index (χ0v) is 5.68. The smallest absolute Gasteiger partial charge is 0.0781 e. The van der Waals surface area contributed by atoms with Gasteiger partial charge in [-0.25, -0.2) is 0 Å². The van der Waals surface area contributed by atoms with Crippen molar-refractivity contribution in [2.24, 2.45) is 5.73 Å². The highest BCUT2D eigenvalue weighted by molar-refractivity contribution is 4.58. The van der Waals surface area contributed by atoms with Gasteiger partial charge >= 0.3 is 0 Å². The largest absolute Gasteiger partial charge is 0.373 e. The molecule has 0 aromatic heterocycles. The zero-order valence-electron chi connectivity index (χ0n) is 5.68. The lowest BCUT2D eigenvalue weighted by molar-refractivity contribution is 0.423. The Labute approximate surface area is 51.0 Å². The molecular weight excluding hydrogens is 102 g/mol. The molecule has 50 valence electrons. The van der Waals surface area contributed by atoms with E-state index < -0.39 is 0 Å². The maximum Gasteiger partial charge on any atom is 0.0781 e. The Hall–Kier alpha value is -0.0800. The van der Waals surface area contributed by atoms with Gasteiger partial charge in [0, 0.05) is 0 Å². The van der Waals surface area contributed by atoms with Gasteiger partial charge in [-0.3, -0.25) is 0 Å². The van der Waals surface area contributed by atoms with Crippen LogP contribution >= 0.6 is 0 Å². The molecule has 1 fully saturated rings. The van der Waals surface area contributed by atoms with Crippen LogP contribution < -0.4 is 5.73 Å². The highest BCUT2D eigenvalue weighted by Gasteiger charge is 2.13. The molecule has 2 N–H and O–H groups in total. The maximum absolute atomic E-state index is 5.03. The minimum Gasteiger partial charge on any atom is -0.373 e. The van der Waals surface area contributed by atoms with Crippen LogP contribution in [-0.2, 0) is 4.74 Å². The van der Waals surface area contributed by atoms with Crippen molar-refractivity contribution in [2.75, 3.05) is 13.2 Å². The molecule has 1 heterocycles. The van der Waals surface area contributed by atoms with Crippen molar-refractivity contribution < 1.29 is 4.74 Å². The Morgan fingerprint density at radius 3 is 2.00 bits per heavy atom. The van der Waals surface area contributed by atoms with Gasteiger partial charge in [0.1, 0.15) is 0 Å². The molecule has 8 heavy (non-hydrogen) atoms. The second-order valence-electron chi connectivity index (χ2n) is 1.93. The predicted octanol–water partition coefficient (Wildman–Crippen LogP) is 0.760. The number of ether oxygens (including phenoxy) is 1. The van der Waals surface area contributed by atoms with Gasteiger partial charge < -0.3 is 10.5 Å². The second-order valence-corrected chi connectivity index (χ2v) is 1.93. The summed E-state index contributed by atoms with van der Waals surface area (Å²) in [5, 5.41) is 0. The molecule has 2 nitrogen and oxygen atoms in total. The summed E-state index contributed by atoms with van der Waals surface area (Å²) in [6.07, 6.45) is 1.68. The van der Waals surface area contributed by atoms with Crippen LogP contribution in [0.2, 0.25) is 0 Å². The molecule has 0 saturated carbocycles. The van der Waals surface area contributed by atoms with Gasteiger partial charge in [0.05, 0.1) is 12.7 Å². The number of epoxide rings is 1. The van der Waals surface area contributed by atoms with E-state index in [-0.39, 0.29) is 0 Å². The maximum atomic E-state index is 5.03. The molecule has 1 atom stereocenters. The number of hydrogen-bond acceptors (Lipinski definition) is 2. The first-order chi connectivity index (χ1) is 3.81. The third-order valence-electron chi connectivity index (χ3n) is 0.789. The quantitative estimate of drug-likeness (QED) is 0.515. The molecule has 1 saturated heterocycles. The summed E-state index contributed by atoms with van der Waals surface area (Å²) in [4.78, 5) is 0. The SMILES string of the molecule is CC1CO1.CCCN. The Kier molecular flexibility index (Phi) is 5.01. The molecule has 0 aromatic carbocycles. The lowest BCUT2D eigenvalue weighted by Crippen LogP contribution is -1.93. The molecule has 1 aliphatic rings. The van der Waals surface area contributed by atoms with E-state index in [4.69, 9.17) is 10.5 Å². The summed E-state index contributed by atoms with van der Waals surface area (Å²) < 4.78 is 4.71. The van der Waals surface area contributed by atoms with E-state index in [1.165, 1.54) is 0 Å². The minimum atomic E-state index is 0.583. The molecule has 1 unspecified atom stereocenters. The van der Waals surface area contributed by atoms with E-state index in [2.05, 4.69) is 13.8 Å². The number of nitrogens with two attached hydrogens (primary N) is 1. The normalized spacial score (nSPS) is 23.6. The first-order valence-corrected chi connectivity index (χ1v) is 3.13. The molecule has 1 aliphatic heterocycles. The van der Waals surface area contributed by atoms with Gasteiger partial charge in [-0.1, -0.05) is 6.92 Å². The Balaban J connectivity index is 0.000000122. The summed E-state index contributed by atoms with van der Waals surface area (Å²) in [7, 11) is 0. The zero-order chi connectivity index (χ0) is 6.41. The lowest BCUT2D eigenvalue weighted by atomic mass is 10.5. The average molecular weight is 117 g/mol. The van der Waals surface area contributed by atoms with Gasteiger partial charge in [0.2, 0.25) is 0 Å². The van der Waals surface area contributed by atoms with Crippen molar-refractivity contribution >= 4 is 0 Å². The first kappa shape index (κ1) is 7.92. The second kappa shape index (κ2) is 5.06. The highest BCUT2D eigenvalue weighted by Crippen LogP contribution is 2.04. The van der Waals surface area contributed by atoms with Crippen LogP contribution in [0.3, 0.4) is 0 Å². The van der Waals surface area contributed by atoms with E-state index in [0.29, 0.717) is 6.10 Å². The van der Waals surface area contributed by atoms with E-state index in [1.54, 1.807) is 0 Å². The third-order valence-corrected chi connectivity index (χ3v) is 0.789. The van der Waals surface area contributed by atoms with Crippen LogP contribution in [0.15, 0.2) is 0 Å². The summed E-state index contributed by atoms with van der Waals surface area (Å²) in [5.74, 6) is 0.